The molecule has 7 heteroatoms. The van der Waals surface area contributed by atoms with Gasteiger partial charge in [-0.15, -0.1) is 0 Å². The molecule has 0 fully saturated rings. The van der Waals surface area contributed by atoms with E-state index in [4.69, 9.17) is 4.52 Å². The van der Waals surface area contributed by atoms with Crippen molar-refractivity contribution in [3.05, 3.63) is 65.1 Å². The molecule has 1 aromatic carbocycles. The zero-order chi connectivity index (χ0) is 18.1. The van der Waals surface area contributed by atoms with Crippen LogP contribution in [0.3, 0.4) is 0 Å². The number of rotatable bonds is 4. The summed E-state index contributed by atoms with van der Waals surface area (Å²) in [7, 11) is 0. The van der Waals surface area contributed by atoms with E-state index in [1.165, 1.54) is 12.1 Å². The van der Waals surface area contributed by atoms with Crippen LogP contribution < -0.4 is 5.32 Å². The average Bonchev–Trinajstić information content (AvgIpc) is 3.23. The van der Waals surface area contributed by atoms with E-state index in [-0.39, 0.29) is 11.7 Å². The number of benzene rings is 1. The quantitative estimate of drug-likeness (QED) is 0.779. The summed E-state index contributed by atoms with van der Waals surface area (Å²) in [5.74, 6) is 0.782. The standard InChI is InChI=1S/C19H19FN4O2/c1-12-2-7-17-16(8-12)18(23-26-17)19(25)22-15-9-21-24(11-15)10-13-3-5-14(20)6-4-13/h3-6,9,11-12H,2,7-8,10H2,1H3,(H,22,25)/t12-/m0/s1. The van der Waals surface area contributed by atoms with E-state index in [2.05, 4.69) is 22.5 Å². The lowest BCUT2D eigenvalue weighted by atomic mass is 9.88. The number of aryl methyl sites for hydroxylation is 1. The molecule has 134 valence electrons. The number of anilines is 1. The summed E-state index contributed by atoms with van der Waals surface area (Å²) in [6.07, 6.45) is 6.00. The molecule has 0 unspecified atom stereocenters. The number of nitrogens with zero attached hydrogens (tertiary/aromatic N) is 3. The van der Waals surface area contributed by atoms with Crippen LogP contribution in [0, 0.1) is 11.7 Å². The molecule has 0 radical (unpaired) electrons. The van der Waals surface area contributed by atoms with Crippen molar-refractivity contribution in [3.63, 3.8) is 0 Å². The number of carbonyl (C=O) groups excluding carboxylic acids is 1. The van der Waals surface area contributed by atoms with Gasteiger partial charge in [0.1, 0.15) is 11.6 Å². The fraction of sp³-hybridized carbons (Fsp3) is 0.316. The van der Waals surface area contributed by atoms with Crippen molar-refractivity contribution in [3.8, 4) is 0 Å². The lowest BCUT2D eigenvalue weighted by Gasteiger charge is -2.16. The average molecular weight is 354 g/mol. The molecule has 1 amide bonds. The molecule has 0 saturated heterocycles. The number of aromatic nitrogens is 3. The minimum atomic E-state index is -0.287. The van der Waals surface area contributed by atoms with Crippen LogP contribution in [0.4, 0.5) is 10.1 Å². The molecule has 0 spiro atoms. The fourth-order valence-electron chi connectivity index (χ4n) is 3.24. The Kier molecular flexibility index (Phi) is 4.28. The molecule has 4 rings (SSSR count). The van der Waals surface area contributed by atoms with Crippen molar-refractivity contribution in [1.82, 2.24) is 14.9 Å². The number of carbonyl (C=O) groups is 1. The molecule has 0 bridgehead atoms. The first-order valence-corrected chi connectivity index (χ1v) is 8.64. The Balaban J connectivity index is 1.45. The number of halogens is 1. The highest BCUT2D eigenvalue weighted by Gasteiger charge is 2.27. The second kappa shape index (κ2) is 6.74. The third-order valence-electron chi connectivity index (χ3n) is 4.65. The molecule has 26 heavy (non-hydrogen) atoms. The molecule has 1 aliphatic carbocycles. The second-order valence-corrected chi connectivity index (χ2v) is 6.79. The van der Waals surface area contributed by atoms with Crippen molar-refractivity contribution in [2.75, 3.05) is 5.32 Å². The summed E-state index contributed by atoms with van der Waals surface area (Å²) in [6.45, 7) is 2.66. The Labute approximate surface area is 150 Å². The zero-order valence-electron chi connectivity index (χ0n) is 14.4. The van der Waals surface area contributed by atoms with Crippen LogP contribution in [0.15, 0.2) is 41.2 Å². The Morgan fingerprint density at radius 1 is 1.38 bits per heavy atom. The molecule has 2 heterocycles. The van der Waals surface area contributed by atoms with Gasteiger partial charge in [-0.05, 0) is 36.5 Å². The Bertz CT molecular complexity index is 929. The molecule has 1 atom stereocenters. The molecule has 3 aromatic rings. The van der Waals surface area contributed by atoms with Gasteiger partial charge in [0, 0.05) is 18.2 Å². The van der Waals surface area contributed by atoms with Crippen molar-refractivity contribution in [2.45, 2.75) is 32.7 Å². The van der Waals surface area contributed by atoms with E-state index in [0.717, 1.165) is 36.1 Å². The summed E-state index contributed by atoms with van der Waals surface area (Å²) >= 11 is 0. The van der Waals surface area contributed by atoms with Gasteiger partial charge in [-0.1, -0.05) is 24.2 Å². The van der Waals surface area contributed by atoms with E-state index in [9.17, 15) is 9.18 Å². The first-order chi connectivity index (χ1) is 12.6. The van der Waals surface area contributed by atoms with Crippen molar-refractivity contribution in [1.29, 1.82) is 0 Å². The number of hydrogen-bond acceptors (Lipinski definition) is 4. The molecule has 0 saturated carbocycles. The van der Waals surface area contributed by atoms with Gasteiger partial charge in [-0.3, -0.25) is 9.48 Å². The van der Waals surface area contributed by atoms with Crippen LogP contribution in [0.5, 0.6) is 0 Å². The van der Waals surface area contributed by atoms with Gasteiger partial charge in [0.05, 0.1) is 18.4 Å². The molecule has 0 aliphatic heterocycles. The number of amides is 1. The smallest absolute Gasteiger partial charge is 0.278 e. The molecule has 1 aliphatic rings. The number of hydrogen-bond donors (Lipinski definition) is 1. The van der Waals surface area contributed by atoms with Crippen molar-refractivity contribution in [2.24, 2.45) is 5.92 Å². The van der Waals surface area contributed by atoms with Crippen LogP contribution in [0.1, 0.15) is 40.7 Å². The van der Waals surface area contributed by atoms with E-state index in [1.54, 1.807) is 29.2 Å². The van der Waals surface area contributed by atoms with Crippen LogP contribution in [0.2, 0.25) is 0 Å². The topological polar surface area (TPSA) is 73.0 Å². The maximum Gasteiger partial charge on any atom is 0.278 e. The number of fused-ring (bicyclic) bond motifs is 1. The van der Waals surface area contributed by atoms with Crippen LogP contribution in [-0.2, 0) is 19.4 Å². The highest BCUT2D eigenvalue weighted by Crippen LogP contribution is 2.28. The zero-order valence-corrected chi connectivity index (χ0v) is 14.4. The van der Waals surface area contributed by atoms with E-state index >= 15 is 0 Å². The maximum absolute atomic E-state index is 13.0. The Hall–Kier alpha value is -2.96. The predicted molar refractivity (Wildman–Crippen MR) is 93.4 cm³/mol. The summed E-state index contributed by atoms with van der Waals surface area (Å²) in [5, 5.41) is 11.0. The highest BCUT2D eigenvalue weighted by atomic mass is 19.1. The SMILES string of the molecule is C[C@H]1CCc2onc(C(=O)Nc3cnn(Cc4ccc(F)cc4)c3)c2C1. The second-order valence-electron chi connectivity index (χ2n) is 6.79. The van der Waals surface area contributed by atoms with Gasteiger partial charge in [0.2, 0.25) is 0 Å². The minimum Gasteiger partial charge on any atom is -0.360 e. The van der Waals surface area contributed by atoms with Crippen molar-refractivity contribution >= 4 is 11.6 Å². The van der Waals surface area contributed by atoms with Gasteiger partial charge in [-0.25, -0.2) is 4.39 Å². The summed E-state index contributed by atoms with van der Waals surface area (Å²) in [5.41, 5.74) is 2.78. The minimum absolute atomic E-state index is 0.271. The molecule has 2 aromatic heterocycles. The summed E-state index contributed by atoms with van der Waals surface area (Å²) in [4.78, 5) is 12.5. The largest absolute Gasteiger partial charge is 0.360 e. The van der Waals surface area contributed by atoms with Gasteiger partial charge in [-0.2, -0.15) is 5.10 Å². The van der Waals surface area contributed by atoms with Gasteiger partial charge < -0.3 is 9.84 Å². The van der Waals surface area contributed by atoms with Crippen LogP contribution in [0.25, 0.3) is 0 Å². The maximum atomic E-state index is 13.0. The molecular weight excluding hydrogens is 335 g/mol. The van der Waals surface area contributed by atoms with Gasteiger partial charge >= 0.3 is 0 Å². The lowest BCUT2D eigenvalue weighted by molar-refractivity contribution is 0.101. The molecule has 1 N–H and O–H groups in total. The van der Waals surface area contributed by atoms with Crippen molar-refractivity contribution < 1.29 is 13.7 Å². The van der Waals surface area contributed by atoms with Gasteiger partial charge in [0.25, 0.3) is 5.91 Å². The van der Waals surface area contributed by atoms with Crippen LogP contribution in [-0.4, -0.2) is 20.8 Å². The van der Waals surface area contributed by atoms with E-state index in [1.807, 2.05) is 0 Å². The Morgan fingerprint density at radius 2 is 2.19 bits per heavy atom. The monoisotopic (exact) mass is 354 g/mol. The number of nitrogens with one attached hydrogen (secondary N) is 1. The van der Waals surface area contributed by atoms with Crippen LogP contribution >= 0.6 is 0 Å². The molecular formula is C19H19FN4O2. The first-order valence-electron chi connectivity index (χ1n) is 8.64. The lowest BCUT2D eigenvalue weighted by Crippen LogP contribution is -2.17. The molecule has 6 nitrogen and oxygen atoms in total. The highest BCUT2D eigenvalue weighted by molar-refractivity contribution is 6.03. The summed E-state index contributed by atoms with van der Waals surface area (Å²) in [6, 6.07) is 6.24. The van der Waals surface area contributed by atoms with E-state index in [0.29, 0.717) is 23.8 Å². The predicted octanol–water partition coefficient (Wildman–Crippen LogP) is 3.44. The summed E-state index contributed by atoms with van der Waals surface area (Å²) < 4.78 is 20.0. The first kappa shape index (κ1) is 16.5. The Morgan fingerprint density at radius 3 is 3.00 bits per heavy atom. The van der Waals surface area contributed by atoms with E-state index < -0.39 is 0 Å². The third kappa shape index (κ3) is 3.37. The normalized spacial score (nSPS) is 16.3. The van der Waals surface area contributed by atoms with Gasteiger partial charge in [0.15, 0.2) is 5.69 Å². The third-order valence-corrected chi connectivity index (χ3v) is 4.65. The fourth-order valence-corrected chi connectivity index (χ4v) is 3.24.